The third-order valence-electron chi connectivity index (χ3n) is 14.5. The lowest BCUT2D eigenvalue weighted by Gasteiger charge is -2.37. The number of carbonyl (C=O) groups is 2. The van der Waals surface area contributed by atoms with Gasteiger partial charge in [0.05, 0.1) is 34.2 Å². The second kappa shape index (κ2) is 18.5. The van der Waals surface area contributed by atoms with Gasteiger partial charge in [0.25, 0.3) is 0 Å². The summed E-state index contributed by atoms with van der Waals surface area (Å²) in [6.07, 6.45) is 18.7. The number of hydrogen-bond acceptors (Lipinski definition) is 6. The van der Waals surface area contributed by atoms with Gasteiger partial charge in [-0.3, -0.25) is 9.59 Å². The van der Waals surface area contributed by atoms with Crippen LogP contribution in [0, 0.1) is 11.8 Å². The van der Waals surface area contributed by atoms with Crippen LogP contribution in [0.4, 0.5) is 0 Å². The van der Waals surface area contributed by atoms with Gasteiger partial charge >= 0.3 is 0 Å². The Morgan fingerprint density at radius 1 is 0.603 bits per heavy atom. The van der Waals surface area contributed by atoms with Crippen LogP contribution in [0.3, 0.4) is 0 Å². The number of allylic oxidation sites excluding steroid dienone is 2. The zero-order valence-corrected chi connectivity index (χ0v) is 35.7. The lowest BCUT2D eigenvalue weighted by molar-refractivity contribution is -0.138. The monoisotopic (exact) mass is 789 g/mol. The summed E-state index contributed by atoms with van der Waals surface area (Å²) in [6.45, 7) is 15.0. The van der Waals surface area contributed by atoms with Crippen molar-refractivity contribution in [1.29, 1.82) is 0 Å². The van der Waals surface area contributed by atoms with Crippen LogP contribution in [0.5, 0.6) is 0 Å². The molecule has 4 aliphatic rings. The summed E-state index contributed by atoms with van der Waals surface area (Å²) in [7, 11) is 0. The second-order valence-corrected chi connectivity index (χ2v) is 17.7. The predicted molar refractivity (Wildman–Crippen MR) is 233 cm³/mol. The summed E-state index contributed by atoms with van der Waals surface area (Å²) in [5, 5.41) is 0. The fourth-order valence-electron chi connectivity index (χ4n) is 11.1. The zero-order valence-electron chi connectivity index (χ0n) is 35.7. The molecule has 4 fully saturated rings. The van der Waals surface area contributed by atoms with Crippen molar-refractivity contribution in [3.05, 3.63) is 71.3 Å². The highest BCUT2D eigenvalue weighted by atomic mass is 16.2. The summed E-state index contributed by atoms with van der Waals surface area (Å²) in [6, 6.07) is 14.4. The van der Waals surface area contributed by atoms with Crippen molar-refractivity contribution in [2.45, 2.75) is 142 Å². The van der Waals surface area contributed by atoms with Crippen LogP contribution >= 0.6 is 0 Å². The number of imidazole rings is 2. The topological polar surface area (TPSA) is 104 Å². The minimum Gasteiger partial charge on any atom is -0.340 e. The van der Waals surface area contributed by atoms with Crippen molar-refractivity contribution in [3.8, 4) is 0 Å². The van der Waals surface area contributed by atoms with Gasteiger partial charge in [-0.05, 0) is 151 Å². The van der Waals surface area contributed by atoms with Gasteiger partial charge in [-0.15, -0.1) is 0 Å². The lowest BCUT2D eigenvalue weighted by Crippen LogP contribution is -2.42. The van der Waals surface area contributed by atoms with Crippen LogP contribution in [0.15, 0.2) is 48.6 Å². The molecule has 0 radical (unpaired) electrons. The molecule has 2 N–H and O–H groups in total. The van der Waals surface area contributed by atoms with Crippen molar-refractivity contribution in [2.75, 3.05) is 39.3 Å². The molecule has 2 aliphatic heterocycles. The van der Waals surface area contributed by atoms with E-state index in [1.165, 1.54) is 11.1 Å². The molecule has 2 aromatic carbocycles. The Morgan fingerprint density at radius 3 is 1.38 bits per heavy atom. The van der Waals surface area contributed by atoms with Gasteiger partial charge < -0.3 is 29.6 Å². The van der Waals surface area contributed by atoms with Crippen LogP contribution in [-0.4, -0.2) is 103 Å². The van der Waals surface area contributed by atoms with Crippen LogP contribution in [0.1, 0.15) is 140 Å². The van der Waals surface area contributed by atoms with Crippen molar-refractivity contribution in [1.82, 2.24) is 39.5 Å². The Morgan fingerprint density at radius 2 is 1.00 bits per heavy atom. The van der Waals surface area contributed by atoms with E-state index in [9.17, 15) is 9.59 Å². The number of carbonyl (C=O) groups excluding carboxylic acids is 2. The summed E-state index contributed by atoms with van der Waals surface area (Å²) < 4.78 is 0. The predicted octanol–water partition coefficient (Wildman–Crippen LogP) is 8.91. The molecule has 312 valence electrons. The first-order valence-electron chi connectivity index (χ1n) is 23.1. The molecule has 4 heterocycles. The maximum atomic E-state index is 13.8. The highest BCUT2D eigenvalue weighted by Crippen LogP contribution is 2.38. The zero-order chi connectivity index (χ0) is 40.2. The van der Waals surface area contributed by atoms with Crippen molar-refractivity contribution >= 4 is 33.9 Å². The van der Waals surface area contributed by atoms with Gasteiger partial charge in [-0.25, -0.2) is 9.97 Å². The Hall–Kier alpha value is -4.02. The summed E-state index contributed by atoms with van der Waals surface area (Å²) in [5.74, 6) is 2.83. The molecule has 2 amide bonds. The Bertz CT molecular complexity index is 1880. The number of nitrogens with one attached hydrogen (secondary N) is 2. The fraction of sp³-hybridized carbons (Fsp3) is 0.625. The average molecular weight is 789 g/mol. The summed E-state index contributed by atoms with van der Waals surface area (Å²) in [5.41, 5.74) is 6.51. The number of hydrogen-bond donors (Lipinski definition) is 2. The van der Waals surface area contributed by atoms with Crippen molar-refractivity contribution < 1.29 is 9.59 Å². The molecule has 0 spiro atoms. The number of rotatable bonds is 14. The molecule has 2 aromatic heterocycles. The van der Waals surface area contributed by atoms with Crippen LogP contribution in [0.25, 0.3) is 22.1 Å². The first kappa shape index (κ1) is 40.7. The van der Waals surface area contributed by atoms with Gasteiger partial charge in [0.15, 0.2) is 0 Å². The van der Waals surface area contributed by atoms with Crippen molar-refractivity contribution in [2.24, 2.45) is 11.8 Å². The number of aromatic nitrogens is 4. The standard InChI is InChI=1S/C48H68N8O2/c1-5-53(6-2)37-23-19-35(20-24-37)47(57)55-29-11-15-43(55)45-49-39-27-17-33(31-41(39)51-45)13-9-10-14-34-18-28-40-42(32-34)52-46(50-40)44-16-12-30-56(44)48(58)36-21-25-38(26-22-36)54(7-3)8-4/h9-10,17-18,27-28,31-32,35-38,43-44H,5-8,11-16,19-26,29-30H2,1-4H3,(H,49,51)(H,50,52)/b10-9+/t35?,36?,37?,38?,43-,44-/m1/s1. The molecule has 2 saturated heterocycles. The molecule has 0 unspecified atom stereocenters. The average Bonchev–Trinajstić information content (AvgIpc) is 4.09. The minimum absolute atomic E-state index is 0.0410. The van der Waals surface area contributed by atoms with E-state index in [-0.39, 0.29) is 23.9 Å². The number of H-pyrrole nitrogens is 2. The number of fused-ring (bicyclic) bond motifs is 2. The molecule has 10 nitrogen and oxygen atoms in total. The lowest BCUT2D eigenvalue weighted by atomic mass is 9.84. The second-order valence-electron chi connectivity index (χ2n) is 17.7. The quantitative estimate of drug-likeness (QED) is 0.124. The molecule has 2 aliphatic carbocycles. The first-order valence-corrected chi connectivity index (χ1v) is 23.1. The molecular formula is C48H68N8O2. The Balaban J connectivity index is 0.847. The van der Waals surface area contributed by atoms with Gasteiger partial charge in [0.1, 0.15) is 11.6 Å². The maximum absolute atomic E-state index is 13.8. The van der Waals surface area contributed by atoms with Gasteiger partial charge in [0, 0.05) is 37.0 Å². The summed E-state index contributed by atoms with van der Waals surface area (Å²) in [4.78, 5) is 54.2. The van der Waals surface area contributed by atoms with E-state index in [1.54, 1.807) is 0 Å². The Labute approximate surface area is 346 Å². The van der Waals surface area contributed by atoms with Crippen LogP contribution in [-0.2, 0) is 22.4 Å². The number of likely N-dealkylation sites (tertiary alicyclic amines) is 2. The van der Waals surface area contributed by atoms with Crippen molar-refractivity contribution in [3.63, 3.8) is 0 Å². The molecule has 10 heteroatoms. The van der Waals surface area contributed by atoms with E-state index in [4.69, 9.17) is 9.97 Å². The molecule has 58 heavy (non-hydrogen) atoms. The van der Waals surface area contributed by atoms with E-state index in [2.05, 4.69) is 106 Å². The highest BCUT2D eigenvalue weighted by Gasteiger charge is 2.39. The molecule has 0 bridgehead atoms. The molecule has 2 saturated carbocycles. The van der Waals surface area contributed by atoms with E-state index in [0.717, 1.165) is 163 Å². The first-order chi connectivity index (χ1) is 28.4. The number of amides is 2. The van der Waals surface area contributed by atoms with Gasteiger partial charge in [-0.1, -0.05) is 52.0 Å². The maximum Gasteiger partial charge on any atom is 0.226 e. The number of benzene rings is 2. The fourth-order valence-corrected chi connectivity index (χ4v) is 11.1. The molecular weight excluding hydrogens is 721 g/mol. The molecule has 8 rings (SSSR count). The van der Waals surface area contributed by atoms with E-state index in [0.29, 0.717) is 23.9 Å². The minimum atomic E-state index is 0.0410. The highest BCUT2D eigenvalue weighted by molar-refractivity contribution is 5.81. The largest absolute Gasteiger partial charge is 0.340 e. The molecule has 4 aromatic rings. The SMILES string of the molecule is CCN(CC)C1CCC(C(=O)N2CCC[C@@H]2c2nc3ccc(C/C=C/Cc4ccc5nc([C@H]6CCCN6C(=O)C6CCC(N(CC)CC)CC6)[nH]c5c4)cc3[nH]2)CC1. The smallest absolute Gasteiger partial charge is 0.226 e. The normalized spacial score (nSPS) is 25.7. The number of nitrogens with zero attached hydrogens (tertiary/aromatic N) is 6. The van der Waals surface area contributed by atoms with Gasteiger partial charge in [0.2, 0.25) is 11.8 Å². The van der Waals surface area contributed by atoms with E-state index < -0.39 is 0 Å². The third-order valence-corrected chi connectivity index (χ3v) is 14.5. The summed E-state index contributed by atoms with van der Waals surface area (Å²) >= 11 is 0. The van der Waals surface area contributed by atoms with E-state index in [1.807, 2.05) is 0 Å². The Kier molecular flexibility index (Phi) is 13.0. The third kappa shape index (κ3) is 8.65. The van der Waals surface area contributed by atoms with Crippen LogP contribution < -0.4 is 0 Å². The van der Waals surface area contributed by atoms with Crippen LogP contribution in [0.2, 0.25) is 0 Å². The van der Waals surface area contributed by atoms with Gasteiger partial charge in [-0.2, -0.15) is 0 Å². The van der Waals surface area contributed by atoms with E-state index >= 15 is 0 Å². The number of aromatic amines is 2. The molecule has 2 atom stereocenters.